The molecule has 0 radical (unpaired) electrons. The van der Waals surface area contributed by atoms with Crippen LogP contribution in [0.5, 0.6) is 0 Å². The molecule has 1 aromatic carbocycles. The summed E-state index contributed by atoms with van der Waals surface area (Å²) in [6.07, 6.45) is 4.20. The van der Waals surface area contributed by atoms with Gasteiger partial charge >= 0.3 is 0 Å². The van der Waals surface area contributed by atoms with E-state index in [0.29, 0.717) is 5.92 Å². The fraction of sp³-hybridized carbons (Fsp3) is 0.562. The van der Waals surface area contributed by atoms with Crippen molar-refractivity contribution in [2.75, 3.05) is 6.54 Å². The first kappa shape index (κ1) is 13.6. The molecule has 4 nitrogen and oxygen atoms in total. The number of nitrogens with zero attached hydrogens (tertiary/aromatic N) is 2. The van der Waals surface area contributed by atoms with Gasteiger partial charge < -0.3 is 10.4 Å². The number of hydrogen-bond acceptors (Lipinski definition) is 3. The highest BCUT2D eigenvalue weighted by Crippen LogP contribution is 2.23. The minimum atomic E-state index is -0.0915. The molecule has 2 N–H and O–H groups in total. The second-order valence-electron chi connectivity index (χ2n) is 5.90. The maximum absolute atomic E-state index is 9.70. The fourth-order valence-electron chi connectivity index (χ4n) is 3.26. The largest absolute Gasteiger partial charge is 0.393 e. The summed E-state index contributed by atoms with van der Waals surface area (Å²) in [4.78, 5) is 0. The Hall–Kier alpha value is -1.39. The minimum absolute atomic E-state index is 0.0915. The van der Waals surface area contributed by atoms with Crippen LogP contribution in [-0.4, -0.2) is 27.5 Å². The summed E-state index contributed by atoms with van der Waals surface area (Å²) in [7, 11) is 1.99. The molecule has 1 saturated carbocycles. The molecule has 0 spiro atoms. The predicted molar refractivity (Wildman–Crippen MR) is 80.4 cm³/mol. The van der Waals surface area contributed by atoms with E-state index in [-0.39, 0.29) is 6.10 Å². The van der Waals surface area contributed by atoms with E-state index < -0.39 is 0 Å². The van der Waals surface area contributed by atoms with Crippen LogP contribution in [0.25, 0.3) is 10.9 Å². The second kappa shape index (κ2) is 5.94. The van der Waals surface area contributed by atoms with E-state index in [1.54, 1.807) is 0 Å². The number of hydrogen-bond donors (Lipinski definition) is 2. The highest BCUT2D eigenvalue weighted by atomic mass is 16.3. The summed E-state index contributed by atoms with van der Waals surface area (Å²) < 4.78 is 1.94. The zero-order valence-corrected chi connectivity index (χ0v) is 12.0. The van der Waals surface area contributed by atoms with Gasteiger partial charge in [-0.05, 0) is 37.8 Å². The van der Waals surface area contributed by atoms with Crippen molar-refractivity contribution in [1.29, 1.82) is 0 Å². The lowest BCUT2D eigenvalue weighted by atomic mass is 9.87. The maximum atomic E-state index is 9.70. The Labute approximate surface area is 119 Å². The zero-order valence-electron chi connectivity index (χ0n) is 12.0. The molecule has 1 aliphatic carbocycles. The molecule has 108 valence electrons. The number of fused-ring (bicyclic) bond motifs is 1. The predicted octanol–water partition coefficient (Wildman–Crippen LogP) is 2.21. The molecule has 1 fully saturated rings. The van der Waals surface area contributed by atoms with E-state index in [1.165, 1.54) is 17.3 Å². The van der Waals surface area contributed by atoms with Crippen molar-refractivity contribution in [3.63, 3.8) is 0 Å². The first-order valence-electron chi connectivity index (χ1n) is 7.53. The van der Waals surface area contributed by atoms with Gasteiger partial charge in [0.15, 0.2) is 0 Å². The first-order valence-corrected chi connectivity index (χ1v) is 7.53. The van der Waals surface area contributed by atoms with Gasteiger partial charge in [0, 0.05) is 19.0 Å². The average Bonchev–Trinajstić information content (AvgIpc) is 2.77. The quantitative estimate of drug-likeness (QED) is 0.898. The number of aliphatic hydroxyl groups is 1. The number of aryl methyl sites for hydroxylation is 1. The molecule has 3 rings (SSSR count). The van der Waals surface area contributed by atoms with Crippen LogP contribution in [0.15, 0.2) is 24.3 Å². The number of para-hydroxylation sites is 1. The van der Waals surface area contributed by atoms with Crippen LogP contribution < -0.4 is 5.32 Å². The summed E-state index contributed by atoms with van der Waals surface area (Å²) >= 11 is 0. The number of aliphatic hydroxyl groups excluding tert-OH is 1. The van der Waals surface area contributed by atoms with Gasteiger partial charge in [-0.2, -0.15) is 5.10 Å². The van der Waals surface area contributed by atoms with Crippen molar-refractivity contribution in [1.82, 2.24) is 15.1 Å². The van der Waals surface area contributed by atoms with Crippen molar-refractivity contribution < 1.29 is 5.11 Å². The summed E-state index contributed by atoms with van der Waals surface area (Å²) in [6.45, 7) is 1.77. The van der Waals surface area contributed by atoms with Crippen molar-refractivity contribution in [3.05, 3.63) is 30.0 Å². The van der Waals surface area contributed by atoms with Crippen LogP contribution in [0.1, 0.15) is 31.4 Å². The Morgan fingerprint density at radius 2 is 2.20 bits per heavy atom. The van der Waals surface area contributed by atoms with E-state index in [9.17, 15) is 5.11 Å². The second-order valence-corrected chi connectivity index (χ2v) is 5.90. The van der Waals surface area contributed by atoms with Gasteiger partial charge in [0.2, 0.25) is 0 Å². The Bertz CT molecular complexity index is 578. The van der Waals surface area contributed by atoms with Crippen LogP contribution in [0.2, 0.25) is 0 Å². The van der Waals surface area contributed by atoms with E-state index in [0.717, 1.165) is 38.0 Å². The van der Waals surface area contributed by atoms with Gasteiger partial charge in [0.1, 0.15) is 0 Å². The number of rotatable bonds is 4. The number of aromatic nitrogens is 2. The molecule has 0 saturated heterocycles. The van der Waals surface area contributed by atoms with Crippen molar-refractivity contribution >= 4 is 10.9 Å². The van der Waals surface area contributed by atoms with Crippen molar-refractivity contribution in [2.24, 2.45) is 13.0 Å². The standard InChI is InChI=1S/C16H23N3O/c1-19-16-8-3-2-7-14(16)15(18-19)11-17-10-12-5-4-6-13(20)9-12/h2-3,7-8,12-13,17,20H,4-6,9-11H2,1H3. The minimum Gasteiger partial charge on any atom is -0.393 e. The molecule has 4 heteroatoms. The maximum Gasteiger partial charge on any atom is 0.0841 e. The lowest BCUT2D eigenvalue weighted by molar-refractivity contribution is 0.101. The molecule has 1 aromatic heterocycles. The molecule has 1 aliphatic rings. The number of nitrogens with one attached hydrogen (secondary N) is 1. The Morgan fingerprint density at radius 3 is 3.05 bits per heavy atom. The summed E-state index contributed by atoms with van der Waals surface area (Å²) in [5.41, 5.74) is 2.29. The third-order valence-corrected chi connectivity index (χ3v) is 4.31. The monoisotopic (exact) mass is 273 g/mol. The van der Waals surface area contributed by atoms with Crippen LogP contribution in [-0.2, 0) is 13.6 Å². The topological polar surface area (TPSA) is 50.1 Å². The van der Waals surface area contributed by atoms with E-state index in [4.69, 9.17) is 0 Å². The molecule has 1 heterocycles. The van der Waals surface area contributed by atoms with Crippen LogP contribution in [0, 0.1) is 5.92 Å². The summed E-state index contributed by atoms with van der Waals surface area (Å²) in [5.74, 6) is 0.605. The third kappa shape index (κ3) is 2.86. The molecule has 2 atom stereocenters. The van der Waals surface area contributed by atoms with E-state index in [2.05, 4.69) is 28.6 Å². The lowest BCUT2D eigenvalue weighted by Gasteiger charge is -2.25. The van der Waals surface area contributed by atoms with Gasteiger partial charge in [-0.25, -0.2) is 0 Å². The Kier molecular flexibility index (Phi) is 4.03. The Balaban J connectivity index is 1.60. The van der Waals surface area contributed by atoms with Gasteiger partial charge in [-0.1, -0.05) is 24.6 Å². The third-order valence-electron chi connectivity index (χ3n) is 4.31. The smallest absolute Gasteiger partial charge is 0.0841 e. The van der Waals surface area contributed by atoms with E-state index >= 15 is 0 Å². The summed E-state index contributed by atoms with van der Waals surface area (Å²) in [5, 5.41) is 19.0. The molecular formula is C16H23N3O. The zero-order chi connectivity index (χ0) is 13.9. The molecule has 2 aromatic rings. The highest BCUT2D eigenvalue weighted by molar-refractivity contribution is 5.81. The normalized spacial score (nSPS) is 23.3. The van der Waals surface area contributed by atoms with Crippen LogP contribution >= 0.6 is 0 Å². The Morgan fingerprint density at radius 1 is 1.35 bits per heavy atom. The van der Waals surface area contributed by atoms with Crippen LogP contribution in [0.4, 0.5) is 0 Å². The van der Waals surface area contributed by atoms with Crippen LogP contribution in [0.3, 0.4) is 0 Å². The molecule has 2 unspecified atom stereocenters. The molecular weight excluding hydrogens is 250 g/mol. The van der Waals surface area contributed by atoms with Gasteiger partial charge in [0.25, 0.3) is 0 Å². The SMILES string of the molecule is Cn1nc(CNCC2CCCC(O)C2)c2ccccc21. The molecule has 0 aliphatic heterocycles. The van der Waals surface area contributed by atoms with E-state index in [1.807, 2.05) is 17.8 Å². The average molecular weight is 273 g/mol. The molecule has 0 amide bonds. The lowest BCUT2D eigenvalue weighted by Crippen LogP contribution is -2.29. The van der Waals surface area contributed by atoms with Crippen molar-refractivity contribution in [2.45, 2.75) is 38.3 Å². The molecule has 0 bridgehead atoms. The van der Waals surface area contributed by atoms with Gasteiger partial charge in [-0.3, -0.25) is 4.68 Å². The van der Waals surface area contributed by atoms with Crippen molar-refractivity contribution in [3.8, 4) is 0 Å². The fourth-order valence-corrected chi connectivity index (χ4v) is 3.26. The van der Waals surface area contributed by atoms with Gasteiger partial charge in [0.05, 0.1) is 17.3 Å². The number of benzene rings is 1. The first-order chi connectivity index (χ1) is 9.74. The summed E-state index contributed by atoms with van der Waals surface area (Å²) in [6, 6.07) is 8.34. The highest BCUT2D eigenvalue weighted by Gasteiger charge is 2.19. The molecule has 20 heavy (non-hydrogen) atoms. The van der Waals surface area contributed by atoms with Gasteiger partial charge in [-0.15, -0.1) is 0 Å².